The van der Waals surface area contributed by atoms with E-state index in [0.717, 1.165) is 11.1 Å². The third kappa shape index (κ3) is 3.50. The van der Waals surface area contributed by atoms with Crippen molar-refractivity contribution in [1.29, 1.82) is 0 Å². The van der Waals surface area contributed by atoms with Crippen molar-refractivity contribution < 1.29 is 5.11 Å². The van der Waals surface area contributed by atoms with Crippen molar-refractivity contribution in [3.63, 3.8) is 0 Å². The standard InChI is InChI=1S/C16H16Cl2O/c1-2-15(19)16(11-3-7-13(17)8-4-11)12-5-9-14(18)10-6-12/h3-10,15-16,19H,2H2,1H3. The number of hydrogen-bond donors (Lipinski definition) is 1. The summed E-state index contributed by atoms with van der Waals surface area (Å²) in [6.45, 7) is 1.98. The molecule has 1 unspecified atom stereocenters. The van der Waals surface area contributed by atoms with Crippen molar-refractivity contribution >= 4 is 23.2 Å². The summed E-state index contributed by atoms with van der Waals surface area (Å²) in [4.78, 5) is 0. The van der Waals surface area contributed by atoms with Gasteiger partial charge in [0.1, 0.15) is 0 Å². The molecule has 19 heavy (non-hydrogen) atoms. The van der Waals surface area contributed by atoms with Gasteiger partial charge in [-0.2, -0.15) is 0 Å². The summed E-state index contributed by atoms with van der Waals surface area (Å²) in [5.41, 5.74) is 2.11. The fraction of sp³-hybridized carbons (Fsp3) is 0.250. The third-order valence-electron chi connectivity index (χ3n) is 3.26. The fourth-order valence-corrected chi connectivity index (χ4v) is 2.46. The van der Waals surface area contributed by atoms with Crippen molar-refractivity contribution in [1.82, 2.24) is 0 Å². The third-order valence-corrected chi connectivity index (χ3v) is 3.77. The lowest BCUT2D eigenvalue weighted by atomic mass is 9.85. The van der Waals surface area contributed by atoms with Gasteiger partial charge < -0.3 is 5.11 Å². The van der Waals surface area contributed by atoms with E-state index in [4.69, 9.17) is 23.2 Å². The van der Waals surface area contributed by atoms with Crippen molar-refractivity contribution in [2.24, 2.45) is 0 Å². The minimum atomic E-state index is -0.428. The Morgan fingerprint density at radius 1 is 0.842 bits per heavy atom. The zero-order valence-electron chi connectivity index (χ0n) is 10.7. The Morgan fingerprint density at radius 3 is 1.53 bits per heavy atom. The Labute approximate surface area is 123 Å². The van der Waals surface area contributed by atoms with Crippen LogP contribution in [-0.4, -0.2) is 11.2 Å². The first kappa shape index (κ1) is 14.4. The Hall–Kier alpha value is -1.02. The number of hydrogen-bond acceptors (Lipinski definition) is 1. The highest BCUT2D eigenvalue weighted by Gasteiger charge is 2.21. The summed E-state index contributed by atoms with van der Waals surface area (Å²) < 4.78 is 0. The van der Waals surface area contributed by atoms with E-state index in [-0.39, 0.29) is 5.92 Å². The van der Waals surface area contributed by atoms with Crippen molar-refractivity contribution in [2.75, 3.05) is 0 Å². The van der Waals surface area contributed by atoms with Crippen LogP contribution in [0.2, 0.25) is 10.0 Å². The molecule has 0 bridgehead atoms. The molecule has 0 saturated carbocycles. The van der Waals surface area contributed by atoms with E-state index in [1.54, 1.807) is 0 Å². The van der Waals surface area contributed by atoms with Crippen LogP contribution in [0.1, 0.15) is 30.4 Å². The molecule has 0 amide bonds. The molecule has 2 aromatic carbocycles. The smallest absolute Gasteiger partial charge is 0.0646 e. The largest absolute Gasteiger partial charge is 0.392 e. The fourth-order valence-electron chi connectivity index (χ4n) is 2.21. The highest BCUT2D eigenvalue weighted by atomic mass is 35.5. The molecule has 3 heteroatoms. The van der Waals surface area contributed by atoms with E-state index in [0.29, 0.717) is 16.5 Å². The predicted octanol–water partition coefficient (Wildman–Crippen LogP) is 4.90. The van der Waals surface area contributed by atoms with Crippen LogP contribution in [0.25, 0.3) is 0 Å². The Morgan fingerprint density at radius 2 is 1.21 bits per heavy atom. The van der Waals surface area contributed by atoms with Gasteiger partial charge in [-0.25, -0.2) is 0 Å². The maximum absolute atomic E-state index is 10.3. The molecular formula is C16H16Cl2O. The summed E-state index contributed by atoms with van der Waals surface area (Å²) in [5, 5.41) is 11.7. The molecule has 0 radical (unpaired) electrons. The van der Waals surface area contributed by atoms with Gasteiger partial charge in [-0.15, -0.1) is 0 Å². The van der Waals surface area contributed by atoms with Gasteiger partial charge in [0.05, 0.1) is 6.10 Å². The average Bonchev–Trinajstić information content (AvgIpc) is 2.43. The van der Waals surface area contributed by atoms with Gasteiger partial charge in [0, 0.05) is 16.0 Å². The molecule has 100 valence electrons. The molecule has 1 atom stereocenters. The molecule has 0 saturated heterocycles. The maximum atomic E-state index is 10.3. The van der Waals surface area contributed by atoms with Gasteiger partial charge in [-0.05, 0) is 41.8 Å². The molecule has 0 heterocycles. The molecule has 1 nitrogen and oxygen atoms in total. The molecule has 1 N–H and O–H groups in total. The highest BCUT2D eigenvalue weighted by Crippen LogP contribution is 2.31. The summed E-state index contributed by atoms with van der Waals surface area (Å²) in [7, 11) is 0. The predicted molar refractivity (Wildman–Crippen MR) is 81.0 cm³/mol. The first-order valence-corrected chi connectivity index (χ1v) is 7.06. The second-order valence-electron chi connectivity index (χ2n) is 4.56. The van der Waals surface area contributed by atoms with Gasteiger partial charge in [0.2, 0.25) is 0 Å². The normalized spacial score (nSPS) is 12.7. The van der Waals surface area contributed by atoms with Crippen LogP contribution in [-0.2, 0) is 0 Å². The highest BCUT2D eigenvalue weighted by molar-refractivity contribution is 6.30. The maximum Gasteiger partial charge on any atom is 0.0646 e. The SMILES string of the molecule is CCC(O)C(c1ccc(Cl)cc1)c1ccc(Cl)cc1. The number of aliphatic hydroxyl groups excluding tert-OH is 1. The van der Waals surface area contributed by atoms with Crippen LogP contribution >= 0.6 is 23.2 Å². The monoisotopic (exact) mass is 294 g/mol. The molecule has 0 fully saturated rings. The molecule has 0 aliphatic heterocycles. The molecule has 0 aliphatic rings. The summed E-state index contributed by atoms with van der Waals surface area (Å²) >= 11 is 11.8. The van der Waals surface area contributed by atoms with Crippen molar-refractivity contribution in [2.45, 2.75) is 25.4 Å². The summed E-state index contributed by atoms with van der Waals surface area (Å²) in [6.07, 6.45) is 0.262. The molecule has 0 aliphatic carbocycles. The van der Waals surface area contributed by atoms with Gasteiger partial charge in [-0.1, -0.05) is 54.4 Å². The average molecular weight is 295 g/mol. The zero-order chi connectivity index (χ0) is 13.8. The van der Waals surface area contributed by atoms with Crippen molar-refractivity contribution in [3.8, 4) is 0 Å². The van der Waals surface area contributed by atoms with E-state index < -0.39 is 6.10 Å². The molecule has 0 spiro atoms. The van der Waals surface area contributed by atoms with Crippen LogP contribution < -0.4 is 0 Å². The first-order chi connectivity index (χ1) is 9.11. The Bertz CT molecular complexity index is 474. The minimum absolute atomic E-state index is 0.0560. The quantitative estimate of drug-likeness (QED) is 0.851. The number of aliphatic hydroxyl groups is 1. The van der Waals surface area contributed by atoms with Crippen LogP contribution in [0.3, 0.4) is 0 Å². The lowest BCUT2D eigenvalue weighted by molar-refractivity contribution is 0.152. The van der Waals surface area contributed by atoms with Gasteiger partial charge >= 0.3 is 0 Å². The van der Waals surface area contributed by atoms with Gasteiger partial charge in [-0.3, -0.25) is 0 Å². The van der Waals surface area contributed by atoms with Gasteiger partial charge in [0.15, 0.2) is 0 Å². The second-order valence-corrected chi connectivity index (χ2v) is 5.43. The first-order valence-electron chi connectivity index (χ1n) is 6.30. The molecule has 2 rings (SSSR count). The van der Waals surface area contributed by atoms with Crippen molar-refractivity contribution in [3.05, 3.63) is 69.7 Å². The minimum Gasteiger partial charge on any atom is -0.392 e. The number of rotatable bonds is 4. The lowest BCUT2D eigenvalue weighted by Crippen LogP contribution is -2.18. The molecular weight excluding hydrogens is 279 g/mol. The Balaban J connectivity index is 2.41. The Kier molecular flexibility index (Phi) is 4.87. The van der Waals surface area contributed by atoms with Crippen LogP contribution in [0.4, 0.5) is 0 Å². The lowest BCUT2D eigenvalue weighted by Gasteiger charge is -2.23. The number of halogens is 2. The van der Waals surface area contributed by atoms with Crippen LogP contribution in [0.15, 0.2) is 48.5 Å². The summed E-state index contributed by atoms with van der Waals surface area (Å²) in [5.74, 6) is -0.0560. The number of benzene rings is 2. The van der Waals surface area contributed by atoms with Gasteiger partial charge in [0.25, 0.3) is 0 Å². The van der Waals surface area contributed by atoms with E-state index >= 15 is 0 Å². The van der Waals surface area contributed by atoms with Crippen LogP contribution in [0, 0.1) is 0 Å². The summed E-state index contributed by atoms with van der Waals surface area (Å²) in [6, 6.07) is 15.2. The topological polar surface area (TPSA) is 20.2 Å². The van der Waals surface area contributed by atoms with Crippen LogP contribution in [0.5, 0.6) is 0 Å². The van der Waals surface area contributed by atoms with E-state index in [9.17, 15) is 5.11 Å². The van der Waals surface area contributed by atoms with E-state index in [1.165, 1.54) is 0 Å². The van der Waals surface area contributed by atoms with E-state index in [2.05, 4.69) is 0 Å². The molecule has 2 aromatic rings. The molecule has 0 aromatic heterocycles. The second kappa shape index (κ2) is 6.42. The van der Waals surface area contributed by atoms with E-state index in [1.807, 2.05) is 55.5 Å². The zero-order valence-corrected chi connectivity index (χ0v) is 12.2.